The van der Waals surface area contributed by atoms with Crippen LogP contribution in [0.5, 0.6) is 5.75 Å². The zero-order valence-corrected chi connectivity index (χ0v) is 14.4. The van der Waals surface area contributed by atoms with E-state index in [-0.39, 0.29) is 18.4 Å². The summed E-state index contributed by atoms with van der Waals surface area (Å²) in [5.74, 6) is 1.59. The van der Waals surface area contributed by atoms with Gasteiger partial charge in [-0.1, -0.05) is 12.1 Å². The van der Waals surface area contributed by atoms with Gasteiger partial charge >= 0.3 is 0 Å². The van der Waals surface area contributed by atoms with Crippen LogP contribution < -0.4 is 10.2 Å². The van der Waals surface area contributed by atoms with Crippen molar-refractivity contribution in [1.82, 2.24) is 19.9 Å². The average molecular weight is 354 g/mol. The van der Waals surface area contributed by atoms with Crippen LogP contribution in [0.1, 0.15) is 18.4 Å². The van der Waals surface area contributed by atoms with Gasteiger partial charge in [0, 0.05) is 13.1 Å². The molecule has 4 N–H and O–H groups in total. The van der Waals surface area contributed by atoms with Crippen molar-refractivity contribution in [2.45, 2.75) is 25.3 Å². The molecule has 26 heavy (non-hydrogen) atoms. The van der Waals surface area contributed by atoms with E-state index < -0.39 is 0 Å². The predicted octanol–water partition coefficient (Wildman–Crippen LogP) is 1.67. The SMILES string of the molecule is OCC1CCCN1c1nc(NCCc2ccc(O)cc2)c2[nH]cnc2n1. The van der Waals surface area contributed by atoms with Crippen molar-refractivity contribution in [3.05, 3.63) is 36.2 Å². The molecule has 1 aromatic carbocycles. The number of nitrogens with one attached hydrogen (secondary N) is 2. The minimum absolute atomic E-state index is 0.0660. The second-order valence-electron chi connectivity index (χ2n) is 6.49. The van der Waals surface area contributed by atoms with Gasteiger partial charge in [-0.25, -0.2) is 4.98 Å². The molecule has 1 aliphatic heterocycles. The lowest BCUT2D eigenvalue weighted by molar-refractivity contribution is 0.265. The maximum Gasteiger partial charge on any atom is 0.229 e. The van der Waals surface area contributed by atoms with Gasteiger partial charge in [-0.05, 0) is 37.0 Å². The molecular formula is C18H22N6O2. The van der Waals surface area contributed by atoms with Crippen molar-refractivity contribution in [3.8, 4) is 5.75 Å². The Labute approximate surface area is 150 Å². The zero-order chi connectivity index (χ0) is 17.9. The van der Waals surface area contributed by atoms with Gasteiger partial charge in [-0.15, -0.1) is 0 Å². The third-order valence-electron chi connectivity index (χ3n) is 4.76. The van der Waals surface area contributed by atoms with E-state index in [0.717, 1.165) is 36.9 Å². The fourth-order valence-electron chi connectivity index (χ4n) is 3.35. The van der Waals surface area contributed by atoms with Crippen LogP contribution in [0.25, 0.3) is 11.2 Å². The van der Waals surface area contributed by atoms with Gasteiger partial charge in [0.25, 0.3) is 0 Å². The number of rotatable bonds is 6. The average Bonchev–Trinajstić information content (AvgIpc) is 3.32. The number of phenolic OH excluding ortho intramolecular Hbond substituents is 1. The minimum Gasteiger partial charge on any atom is -0.508 e. The summed E-state index contributed by atoms with van der Waals surface area (Å²) in [6.45, 7) is 1.64. The highest BCUT2D eigenvalue weighted by Gasteiger charge is 2.27. The minimum atomic E-state index is 0.0660. The first-order valence-corrected chi connectivity index (χ1v) is 8.85. The molecule has 8 nitrogen and oxygen atoms in total. The summed E-state index contributed by atoms with van der Waals surface area (Å²) >= 11 is 0. The lowest BCUT2D eigenvalue weighted by Gasteiger charge is -2.23. The van der Waals surface area contributed by atoms with E-state index in [1.165, 1.54) is 0 Å². The number of benzene rings is 1. The molecule has 0 aliphatic carbocycles. The third kappa shape index (κ3) is 3.28. The largest absolute Gasteiger partial charge is 0.508 e. The first kappa shape index (κ1) is 16.6. The van der Waals surface area contributed by atoms with Crippen LogP contribution in [-0.4, -0.2) is 55.9 Å². The number of aliphatic hydroxyl groups excluding tert-OH is 1. The van der Waals surface area contributed by atoms with E-state index in [9.17, 15) is 10.2 Å². The monoisotopic (exact) mass is 354 g/mol. The van der Waals surface area contributed by atoms with Gasteiger partial charge in [0.05, 0.1) is 19.0 Å². The Kier molecular flexibility index (Phi) is 4.57. The molecule has 1 unspecified atom stereocenters. The molecule has 1 fully saturated rings. The fraction of sp³-hybridized carbons (Fsp3) is 0.389. The Morgan fingerprint density at radius 3 is 2.88 bits per heavy atom. The van der Waals surface area contributed by atoms with Crippen molar-refractivity contribution in [3.63, 3.8) is 0 Å². The molecule has 0 amide bonds. The van der Waals surface area contributed by atoms with E-state index in [0.29, 0.717) is 24.0 Å². The second kappa shape index (κ2) is 7.17. The molecule has 2 aromatic heterocycles. The first-order valence-electron chi connectivity index (χ1n) is 8.85. The van der Waals surface area contributed by atoms with Gasteiger partial charge in [0.1, 0.15) is 11.3 Å². The molecule has 0 radical (unpaired) electrons. The number of aromatic hydroxyl groups is 1. The normalized spacial score (nSPS) is 17.1. The molecule has 1 saturated heterocycles. The van der Waals surface area contributed by atoms with Crippen LogP contribution in [0, 0.1) is 0 Å². The van der Waals surface area contributed by atoms with Crippen LogP contribution >= 0.6 is 0 Å². The standard InChI is InChI=1S/C18H22N6O2/c25-10-13-2-1-9-24(13)18-22-16(15-17(23-18)21-11-20-15)19-8-7-12-3-5-14(26)6-4-12/h3-6,11,13,25-26H,1-2,7-10H2,(H2,19,20,21,22,23). The molecule has 0 saturated carbocycles. The maximum absolute atomic E-state index is 9.57. The first-order chi connectivity index (χ1) is 12.7. The fourth-order valence-corrected chi connectivity index (χ4v) is 3.35. The topological polar surface area (TPSA) is 110 Å². The highest BCUT2D eigenvalue weighted by molar-refractivity contribution is 5.83. The van der Waals surface area contributed by atoms with Gasteiger partial charge in [-0.3, -0.25) is 0 Å². The zero-order valence-electron chi connectivity index (χ0n) is 14.4. The van der Waals surface area contributed by atoms with Crippen LogP contribution in [0.15, 0.2) is 30.6 Å². The highest BCUT2D eigenvalue weighted by atomic mass is 16.3. The van der Waals surface area contributed by atoms with E-state index >= 15 is 0 Å². The van der Waals surface area contributed by atoms with Gasteiger partial charge in [-0.2, -0.15) is 9.97 Å². The number of fused-ring (bicyclic) bond motifs is 1. The molecule has 0 spiro atoms. The number of aliphatic hydroxyl groups is 1. The van der Waals surface area contributed by atoms with Crippen molar-refractivity contribution in [1.29, 1.82) is 0 Å². The van der Waals surface area contributed by atoms with Crippen molar-refractivity contribution < 1.29 is 10.2 Å². The number of phenols is 1. The Balaban J connectivity index is 1.53. The maximum atomic E-state index is 9.57. The molecule has 0 bridgehead atoms. The number of aromatic nitrogens is 4. The Morgan fingerprint density at radius 1 is 1.23 bits per heavy atom. The van der Waals surface area contributed by atoms with E-state index in [1.54, 1.807) is 18.5 Å². The van der Waals surface area contributed by atoms with Crippen molar-refractivity contribution in [2.75, 3.05) is 29.9 Å². The lowest BCUT2D eigenvalue weighted by atomic mass is 10.1. The Morgan fingerprint density at radius 2 is 2.08 bits per heavy atom. The lowest BCUT2D eigenvalue weighted by Crippen LogP contribution is -2.33. The molecule has 1 atom stereocenters. The summed E-state index contributed by atoms with van der Waals surface area (Å²) in [7, 11) is 0. The molecule has 136 valence electrons. The smallest absolute Gasteiger partial charge is 0.229 e. The Hall–Kier alpha value is -2.87. The van der Waals surface area contributed by atoms with Crippen LogP contribution in [-0.2, 0) is 6.42 Å². The van der Waals surface area contributed by atoms with Gasteiger partial charge < -0.3 is 25.4 Å². The number of imidazole rings is 1. The number of H-pyrrole nitrogens is 1. The number of hydrogen-bond donors (Lipinski definition) is 4. The second-order valence-corrected chi connectivity index (χ2v) is 6.49. The number of anilines is 2. The van der Waals surface area contributed by atoms with Crippen LogP contribution in [0.4, 0.5) is 11.8 Å². The summed E-state index contributed by atoms with van der Waals surface area (Å²) in [5, 5.41) is 22.3. The van der Waals surface area contributed by atoms with Gasteiger partial charge in [0.15, 0.2) is 11.5 Å². The predicted molar refractivity (Wildman–Crippen MR) is 99.4 cm³/mol. The van der Waals surface area contributed by atoms with Crippen molar-refractivity contribution in [2.24, 2.45) is 0 Å². The Bertz CT molecular complexity index is 879. The molecule has 3 aromatic rings. The van der Waals surface area contributed by atoms with E-state index in [4.69, 9.17) is 0 Å². The quantitative estimate of drug-likeness (QED) is 0.533. The highest BCUT2D eigenvalue weighted by Crippen LogP contribution is 2.26. The number of nitrogens with zero attached hydrogens (tertiary/aromatic N) is 4. The summed E-state index contributed by atoms with van der Waals surface area (Å²) in [5.41, 5.74) is 2.52. The number of hydrogen-bond acceptors (Lipinski definition) is 7. The van der Waals surface area contributed by atoms with E-state index in [2.05, 4.69) is 30.2 Å². The summed E-state index contributed by atoms with van der Waals surface area (Å²) in [6.07, 6.45) is 4.39. The molecule has 1 aliphatic rings. The third-order valence-corrected chi connectivity index (χ3v) is 4.76. The van der Waals surface area contributed by atoms with E-state index in [1.807, 2.05) is 12.1 Å². The molecule has 4 rings (SSSR count). The summed E-state index contributed by atoms with van der Waals surface area (Å²) < 4.78 is 0. The van der Waals surface area contributed by atoms with Crippen LogP contribution in [0.2, 0.25) is 0 Å². The summed E-state index contributed by atoms with van der Waals surface area (Å²) in [6, 6.07) is 7.26. The summed E-state index contributed by atoms with van der Waals surface area (Å²) in [4.78, 5) is 18.6. The molecular weight excluding hydrogens is 332 g/mol. The molecule has 3 heterocycles. The molecule has 8 heteroatoms. The van der Waals surface area contributed by atoms with Crippen LogP contribution in [0.3, 0.4) is 0 Å². The number of aromatic amines is 1. The van der Waals surface area contributed by atoms with Crippen molar-refractivity contribution >= 4 is 22.9 Å². The van der Waals surface area contributed by atoms with Gasteiger partial charge in [0.2, 0.25) is 5.95 Å².